The third-order valence-corrected chi connectivity index (χ3v) is 1.93. The van der Waals surface area contributed by atoms with Gasteiger partial charge in [-0.15, -0.1) is 0 Å². The molecule has 2 nitrogen and oxygen atoms in total. The smallest absolute Gasteiger partial charge is 0.162 e. The Morgan fingerprint density at radius 2 is 2.36 bits per heavy atom. The molecular weight excluding hydrogens is 140 g/mol. The summed E-state index contributed by atoms with van der Waals surface area (Å²) in [6, 6.07) is 0. The first kappa shape index (κ1) is 8.75. The van der Waals surface area contributed by atoms with Gasteiger partial charge in [0.15, 0.2) is 6.29 Å². The van der Waals surface area contributed by atoms with Crippen molar-refractivity contribution in [2.75, 3.05) is 13.7 Å². The lowest BCUT2D eigenvalue weighted by Crippen LogP contribution is -2.40. The zero-order chi connectivity index (χ0) is 8.10. The Labute approximate surface area is 68.2 Å². The number of allylic oxidation sites excluding steroid dienone is 2. The molecule has 0 N–H and O–H groups in total. The molecule has 0 bridgehead atoms. The molecule has 2 heteroatoms. The molecule has 0 aromatic rings. The highest BCUT2D eigenvalue weighted by Crippen LogP contribution is 2.24. The molecule has 1 fully saturated rings. The Balaban J connectivity index is 2.12. The highest BCUT2D eigenvalue weighted by Gasteiger charge is 2.30. The fraction of sp³-hybridized carbons (Fsp3) is 0.778. The molecule has 1 rings (SSSR count). The molecule has 1 aliphatic heterocycles. The van der Waals surface area contributed by atoms with E-state index < -0.39 is 0 Å². The Kier molecular flexibility index (Phi) is 3.60. The van der Waals surface area contributed by atoms with Crippen LogP contribution in [0.4, 0.5) is 0 Å². The summed E-state index contributed by atoms with van der Waals surface area (Å²) in [6.45, 7) is 2.99. The van der Waals surface area contributed by atoms with Crippen LogP contribution in [0.25, 0.3) is 0 Å². The van der Waals surface area contributed by atoms with Crippen molar-refractivity contribution in [2.24, 2.45) is 5.92 Å². The fourth-order valence-corrected chi connectivity index (χ4v) is 1.19. The van der Waals surface area contributed by atoms with Crippen LogP contribution in [0.5, 0.6) is 0 Å². The molecule has 1 saturated heterocycles. The van der Waals surface area contributed by atoms with Crippen molar-refractivity contribution < 1.29 is 9.47 Å². The minimum Gasteiger partial charge on any atom is -0.356 e. The van der Waals surface area contributed by atoms with Gasteiger partial charge in [-0.1, -0.05) is 19.1 Å². The van der Waals surface area contributed by atoms with Gasteiger partial charge in [0, 0.05) is 13.0 Å². The molecule has 0 spiro atoms. The maximum atomic E-state index is 5.17. The summed E-state index contributed by atoms with van der Waals surface area (Å²) in [7, 11) is 1.69. The summed E-state index contributed by atoms with van der Waals surface area (Å²) in [4.78, 5) is 0. The molecule has 11 heavy (non-hydrogen) atoms. The highest BCUT2D eigenvalue weighted by atomic mass is 16.7. The maximum Gasteiger partial charge on any atom is 0.162 e. The first-order chi connectivity index (χ1) is 5.38. The molecule has 0 aromatic heterocycles. The first-order valence-electron chi connectivity index (χ1n) is 4.18. The van der Waals surface area contributed by atoms with Crippen molar-refractivity contribution in [2.45, 2.75) is 26.1 Å². The van der Waals surface area contributed by atoms with Crippen molar-refractivity contribution >= 4 is 0 Å². The topological polar surface area (TPSA) is 18.5 Å². The molecule has 0 aromatic carbocycles. The molecule has 2 unspecified atom stereocenters. The van der Waals surface area contributed by atoms with Crippen molar-refractivity contribution in [3.05, 3.63) is 12.2 Å². The zero-order valence-corrected chi connectivity index (χ0v) is 7.25. The number of methoxy groups -OCH3 is 1. The molecule has 1 aliphatic rings. The largest absolute Gasteiger partial charge is 0.356 e. The van der Waals surface area contributed by atoms with Gasteiger partial charge >= 0.3 is 0 Å². The zero-order valence-electron chi connectivity index (χ0n) is 7.25. The van der Waals surface area contributed by atoms with Crippen LogP contribution in [-0.2, 0) is 9.47 Å². The van der Waals surface area contributed by atoms with Crippen LogP contribution < -0.4 is 0 Å². The number of rotatable bonds is 4. The fourth-order valence-electron chi connectivity index (χ4n) is 1.19. The van der Waals surface area contributed by atoms with Gasteiger partial charge in [0.25, 0.3) is 0 Å². The lowest BCUT2D eigenvalue weighted by Gasteiger charge is -2.34. The van der Waals surface area contributed by atoms with Crippen LogP contribution in [0.15, 0.2) is 12.2 Å². The van der Waals surface area contributed by atoms with E-state index in [0.29, 0.717) is 5.92 Å². The van der Waals surface area contributed by atoms with Crippen LogP contribution in [0.2, 0.25) is 0 Å². The third-order valence-electron chi connectivity index (χ3n) is 1.93. The monoisotopic (exact) mass is 156 g/mol. The van der Waals surface area contributed by atoms with Gasteiger partial charge < -0.3 is 9.47 Å². The van der Waals surface area contributed by atoms with E-state index in [9.17, 15) is 0 Å². The van der Waals surface area contributed by atoms with Crippen molar-refractivity contribution in [3.8, 4) is 0 Å². The quantitative estimate of drug-likeness (QED) is 0.579. The van der Waals surface area contributed by atoms with Gasteiger partial charge in [-0.2, -0.15) is 0 Å². The average molecular weight is 156 g/mol. The molecule has 0 radical (unpaired) electrons. The normalized spacial score (nSPS) is 30.7. The van der Waals surface area contributed by atoms with Gasteiger partial charge in [0.1, 0.15) is 0 Å². The van der Waals surface area contributed by atoms with Crippen molar-refractivity contribution in [3.63, 3.8) is 0 Å². The first-order valence-corrected chi connectivity index (χ1v) is 4.18. The Morgan fingerprint density at radius 3 is 2.82 bits per heavy atom. The second-order valence-electron chi connectivity index (χ2n) is 2.81. The Hall–Kier alpha value is -0.340. The van der Waals surface area contributed by atoms with Gasteiger partial charge in [0.2, 0.25) is 0 Å². The van der Waals surface area contributed by atoms with E-state index in [4.69, 9.17) is 9.47 Å². The lowest BCUT2D eigenvalue weighted by atomic mass is 10.0. The van der Waals surface area contributed by atoms with Gasteiger partial charge in [-0.05, 0) is 12.8 Å². The highest BCUT2D eigenvalue weighted by molar-refractivity contribution is 4.86. The van der Waals surface area contributed by atoms with Gasteiger partial charge in [-0.3, -0.25) is 0 Å². The minimum absolute atomic E-state index is 0.0523. The summed E-state index contributed by atoms with van der Waals surface area (Å²) in [5.74, 6) is 0.586. The van der Waals surface area contributed by atoms with E-state index in [1.807, 2.05) is 0 Å². The summed E-state index contributed by atoms with van der Waals surface area (Å²) < 4.78 is 10.2. The van der Waals surface area contributed by atoms with Crippen LogP contribution in [-0.4, -0.2) is 20.0 Å². The van der Waals surface area contributed by atoms with Crippen LogP contribution >= 0.6 is 0 Å². The van der Waals surface area contributed by atoms with Gasteiger partial charge in [0.05, 0.1) is 6.61 Å². The van der Waals surface area contributed by atoms with Crippen molar-refractivity contribution in [1.82, 2.24) is 0 Å². The molecule has 64 valence electrons. The standard InChI is InChI=1S/C9H16O2/c1-3-4-5-6-8-7-11-9(8)10-2/h4-5,8-9H,3,6-7H2,1-2H3. The average Bonchev–Trinajstić information content (AvgIpc) is 1.97. The molecule has 0 amide bonds. The number of hydrogen-bond donors (Lipinski definition) is 0. The molecule has 1 heterocycles. The van der Waals surface area contributed by atoms with E-state index in [0.717, 1.165) is 19.4 Å². The molecular formula is C9H16O2. The maximum absolute atomic E-state index is 5.17. The van der Waals surface area contributed by atoms with E-state index in [1.165, 1.54) is 0 Å². The predicted octanol–water partition coefficient (Wildman–Crippen LogP) is 1.96. The molecule has 0 aliphatic carbocycles. The van der Waals surface area contributed by atoms with E-state index >= 15 is 0 Å². The molecule has 2 atom stereocenters. The third kappa shape index (κ3) is 2.31. The summed E-state index contributed by atoms with van der Waals surface area (Å²) in [5, 5.41) is 0. The van der Waals surface area contributed by atoms with Crippen molar-refractivity contribution in [1.29, 1.82) is 0 Å². The van der Waals surface area contributed by atoms with E-state index in [-0.39, 0.29) is 6.29 Å². The van der Waals surface area contributed by atoms with Crippen LogP contribution in [0.1, 0.15) is 19.8 Å². The van der Waals surface area contributed by atoms with E-state index in [2.05, 4.69) is 19.1 Å². The van der Waals surface area contributed by atoms with E-state index in [1.54, 1.807) is 7.11 Å². The SMILES string of the molecule is CCC=CCC1COC1OC. The Bertz CT molecular complexity index is 130. The summed E-state index contributed by atoms with van der Waals surface area (Å²) >= 11 is 0. The number of ether oxygens (including phenoxy) is 2. The second-order valence-corrected chi connectivity index (χ2v) is 2.81. The predicted molar refractivity (Wildman–Crippen MR) is 44.3 cm³/mol. The van der Waals surface area contributed by atoms with Crippen LogP contribution in [0.3, 0.4) is 0 Å². The minimum atomic E-state index is 0.0523. The lowest BCUT2D eigenvalue weighted by molar-refractivity contribution is -0.245. The summed E-state index contributed by atoms with van der Waals surface area (Å²) in [5.41, 5.74) is 0. The second kappa shape index (κ2) is 4.52. The Morgan fingerprint density at radius 1 is 1.55 bits per heavy atom. The number of hydrogen-bond acceptors (Lipinski definition) is 2. The van der Waals surface area contributed by atoms with Crippen LogP contribution in [0, 0.1) is 5.92 Å². The summed E-state index contributed by atoms with van der Waals surface area (Å²) in [6.07, 6.45) is 6.65. The van der Waals surface area contributed by atoms with Gasteiger partial charge in [-0.25, -0.2) is 0 Å². The molecule has 0 saturated carbocycles.